The second-order valence-electron chi connectivity index (χ2n) is 6.20. The van der Waals surface area contributed by atoms with Gasteiger partial charge in [0.25, 0.3) is 0 Å². The maximum atomic E-state index is 11.7. The van der Waals surface area contributed by atoms with Gasteiger partial charge < -0.3 is 4.74 Å². The number of rotatable bonds is 15. The third-order valence-electron chi connectivity index (χ3n) is 4.03. The van der Waals surface area contributed by atoms with E-state index < -0.39 is 0 Å². The summed E-state index contributed by atoms with van der Waals surface area (Å²) in [7, 11) is 0. The van der Waals surface area contributed by atoms with Gasteiger partial charge in [-0.15, -0.1) is 0 Å². The monoisotopic (exact) mass is 322 g/mol. The van der Waals surface area contributed by atoms with Gasteiger partial charge in [-0.1, -0.05) is 89.4 Å². The molecule has 0 heterocycles. The summed E-state index contributed by atoms with van der Waals surface area (Å²) in [5, 5.41) is 0. The number of hydrogen-bond donors (Lipinski definition) is 0. The number of carbonyl (C=O) groups is 1. The van der Waals surface area contributed by atoms with Crippen molar-refractivity contribution in [2.75, 3.05) is 6.61 Å². The Hall–Kier alpha value is -1.05. The predicted octanol–water partition coefficient (Wildman–Crippen LogP) is 6.75. The Balaban J connectivity index is 3.58. The third kappa shape index (κ3) is 14.3. The average Bonchev–Trinajstić information content (AvgIpc) is 2.55. The molecule has 0 fully saturated rings. The molecule has 0 spiro atoms. The van der Waals surface area contributed by atoms with Crippen molar-refractivity contribution < 1.29 is 9.53 Å². The number of hydrogen-bond acceptors (Lipinski definition) is 2. The first-order chi connectivity index (χ1) is 11.3. The Morgan fingerprint density at radius 1 is 0.826 bits per heavy atom. The van der Waals surface area contributed by atoms with E-state index in [9.17, 15) is 4.79 Å². The molecule has 134 valence electrons. The molecule has 0 aliphatic rings. The van der Waals surface area contributed by atoms with Crippen LogP contribution in [0, 0.1) is 0 Å². The quantitative estimate of drug-likeness (QED) is 0.144. The van der Waals surface area contributed by atoms with E-state index in [1.165, 1.54) is 64.2 Å². The molecule has 0 saturated carbocycles. The van der Waals surface area contributed by atoms with Gasteiger partial charge in [-0.3, -0.25) is 0 Å². The third-order valence-corrected chi connectivity index (χ3v) is 4.03. The molecule has 2 heteroatoms. The van der Waals surface area contributed by atoms with Crippen LogP contribution in [0.25, 0.3) is 0 Å². The van der Waals surface area contributed by atoms with Crippen molar-refractivity contribution >= 4 is 5.97 Å². The van der Waals surface area contributed by atoms with Gasteiger partial charge in [-0.25, -0.2) is 4.79 Å². The van der Waals surface area contributed by atoms with Gasteiger partial charge in [0.1, 0.15) is 0 Å². The van der Waals surface area contributed by atoms with Gasteiger partial charge >= 0.3 is 5.97 Å². The number of ether oxygens (including phenoxy) is 1. The highest BCUT2D eigenvalue weighted by atomic mass is 16.5. The van der Waals surface area contributed by atoms with Crippen LogP contribution in [-0.2, 0) is 9.53 Å². The van der Waals surface area contributed by atoms with Gasteiger partial charge in [-0.05, 0) is 26.7 Å². The first-order valence-electron chi connectivity index (χ1n) is 9.76. The number of unbranched alkanes of at least 4 members (excludes halogenated alkanes) is 11. The van der Waals surface area contributed by atoms with Crippen molar-refractivity contribution in [3.05, 3.63) is 23.8 Å². The minimum absolute atomic E-state index is 0.200. The van der Waals surface area contributed by atoms with Crippen molar-refractivity contribution in [3.63, 3.8) is 0 Å². The fourth-order valence-corrected chi connectivity index (χ4v) is 2.68. The molecule has 23 heavy (non-hydrogen) atoms. The van der Waals surface area contributed by atoms with E-state index in [1.54, 1.807) is 0 Å². The zero-order valence-electron chi connectivity index (χ0n) is 15.7. The fourth-order valence-electron chi connectivity index (χ4n) is 2.68. The highest BCUT2D eigenvalue weighted by Gasteiger charge is 2.05. The Labute approximate surface area is 144 Å². The summed E-state index contributed by atoms with van der Waals surface area (Å²) in [5.41, 5.74) is 0.696. The Kier molecular flexibility index (Phi) is 16.5. The molecular weight excluding hydrogens is 284 g/mol. The maximum Gasteiger partial charge on any atom is 0.337 e. The van der Waals surface area contributed by atoms with E-state index in [-0.39, 0.29) is 5.97 Å². The molecule has 0 aromatic rings. The summed E-state index contributed by atoms with van der Waals surface area (Å²) in [4.78, 5) is 11.7. The molecule has 0 aliphatic heterocycles. The van der Waals surface area contributed by atoms with E-state index in [0.717, 1.165) is 12.8 Å². The minimum atomic E-state index is -0.200. The Morgan fingerprint density at radius 2 is 1.35 bits per heavy atom. The summed E-state index contributed by atoms with van der Waals surface area (Å²) in [6.07, 6.45) is 21.6. The standard InChI is InChI=1S/C21H38O2/c1-4-7-8-9-10-11-12-13-14-15-16-17-19-20(18-5-2)21(22)23-6-3/h5,18-19H,4,6-17H2,1-3H3. The van der Waals surface area contributed by atoms with Crippen molar-refractivity contribution in [1.29, 1.82) is 0 Å². The van der Waals surface area contributed by atoms with Crippen LogP contribution in [0.4, 0.5) is 0 Å². The van der Waals surface area contributed by atoms with E-state index in [1.807, 2.05) is 32.1 Å². The number of esters is 1. The lowest BCUT2D eigenvalue weighted by molar-refractivity contribution is -0.138. The molecule has 0 rings (SSSR count). The van der Waals surface area contributed by atoms with Gasteiger partial charge in [0.05, 0.1) is 12.2 Å². The van der Waals surface area contributed by atoms with Crippen LogP contribution in [0.15, 0.2) is 23.8 Å². The number of allylic oxidation sites excluding steroid dienone is 2. The molecule has 0 aromatic heterocycles. The average molecular weight is 323 g/mol. The van der Waals surface area contributed by atoms with Crippen LogP contribution >= 0.6 is 0 Å². The van der Waals surface area contributed by atoms with Gasteiger partial charge in [0.2, 0.25) is 0 Å². The summed E-state index contributed by atoms with van der Waals surface area (Å²) in [5.74, 6) is -0.200. The molecule has 0 saturated heterocycles. The zero-order valence-corrected chi connectivity index (χ0v) is 15.7. The molecular formula is C21H38O2. The maximum absolute atomic E-state index is 11.7. The zero-order chi connectivity index (χ0) is 17.2. The molecule has 2 nitrogen and oxygen atoms in total. The van der Waals surface area contributed by atoms with Crippen molar-refractivity contribution in [2.24, 2.45) is 0 Å². The summed E-state index contributed by atoms with van der Waals surface area (Å²) < 4.78 is 5.06. The molecule has 0 unspecified atom stereocenters. The van der Waals surface area contributed by atoms with Crippen LogP contribution in [0.1, 0.15) is 97.8 Å². The largest absolute Gasteiger partial charge is 0.462 e. The van der Waals surface area contributed by atoms with Crippen LogP contribution in [0.2, 0.25) is 0 Å². The fraction of sp³-hybridized carbons (Fsp3) is 0.762. The van der Waals surface area contributed by atoms with Crippen molar-refractivity contribution in [1.82, 2.24) is 0 Å². The van der Waals surface area contributed by atoms with E-state index in [2.05, 4.69) is 6.92 Å². The minimum Gasteiger partial charge on any atom is -0.462 e. The highest BCUT2D eigenvalue weighted by Crippen LogP contribution is 2.13. The Bertz CT molecular complexity index is 329. The van der Waals surface area contributed by atoms with Crippen molar-refractivity contribution in [3.8, 4) is 0 Å². The normalized spacial score (nSPS) is 12.0. The second-order valence-corrected chi connectivity index (χ2v) is 6.20. The lowest BCUT2D eigenvalue weighted by Gasteiger charge is -2.03. The molecule has 0 bridgehead atoms. The lowest BCUT2D eigenvalue weighted by Crippen LogP contribution is -2.05. The van der Waals surface area contributed by atoms with Gasteiger partial charge in [0.15, 0.2) is 0 Å². The first kappa shape index (κ1) is 21.9. The van der Waals surface area contributed by atoms with Gasteiger partial charge in [0, 0.05) is 0 Å². The van der Waals surface area contributed by atoms with E-state index in [0.29, 0.717) is 12.2 Å². The Morgan fingerprint density at radius 3 is 1.83 bits per heavy atom. The lowest BCUT2D eigenvalue weighted by atomic mass is 10.0. The SMILES string of the molecule is CC=CC(=CCCCCCCCCCCCCC)C(=O)OCC. The van der Waals surface area contributed by atoms with Gasteiger partial charge in [-0.2, -0.15) is 0 Å². The molecule has 0 N–H and O–H groups in total. The molecule has 0 atom stereocenters. The van der Waals surface area contributed by atoms with Crippen LogP contribution in [0.3, 0.4) is 0 Å². The highest BCUT2D eigenvalue weighted by molar-refractivity contribution is 5.91. The van der Waals surface area contributed by atoms with Crippen LogP contribution in [-0.4, -0.2) is 12.6 Å². The second kappa shape index (κ2) is 17.3. The van der Waals surface area contributed by atoms with Crippen LogP contribution in [0.5, 0.6) is 0 Å². The van der Waals surface area contributed by atoms with Crippen LogP contribution < -0.4 is 0 Å². The smallest absolute Gasteiger partial charge is 0.337 e. The molecule has 0 aliphatic carbocycles. The van der Waals surface area contributed by atoms with Crippen molar-refractivity contribution in [2.45, 2.75) is 97.8 Å². The topological polar surface area (TPSA) is 26.3 Å². The first-order valence-corrected chi connectivity index (χ1v) is 9.76. The van der Waals surface area contributed by atoms with E-state index in [4.69, 9.17) is 4.74 Å². The molecule has 0 amide bonds. The molecule has 0 aromatic carbocycles. The number of carbonyl (C=O) groups excluding carboxylic acids is 1. The summed E-state index contributed by atoms with van der Waals surface area (Å²) in [6, 6.07) is 0. The summed E-state index contributed by atoms with van der Waals surface area (Å²) >= 11 is 0. The van der Waals surface area contributed by atoms with E-state index >= 15 is 0 Å². The summed E-state index contributed by atoms with van der Waals surface area (Å²) in [6.45, 7) is 6.47. The molecule has 0 radical (unpaired) electrons. The predicted molar refractivity (Wildman–Crippen MR) is 101 cm³/mol.